The van der Waals surface area contributed by atoms with Crippen LogP contribution in [0.15, 0.2) is 194 Å². The van der Waals surface area contributed by atoms with Crippen molar-refractivity contribution in [3.8, 4) is 27.9 Å². The van der Waals surface area contributed by atoms with E-state index < -0.39 is 0 Å². The first-order valence-electron chi connectivity index (χ1n) is 17.4. The van der Waals surface area contributed by atoms with Crippen LogP contribution in [-0.2, 0) is 0 Å². The van der Waals surface area contributed by atoms with Crippen LogP contribution in [0.3, 0.4) is 0 Å². The standard InChI is InChI=1S/C48H32N2S/c1-5-13-33(14-6-1)36-24-30-46-44(32-36)42-28-27-41-43-31-35(23-29-45(43)50(47(41)48(42)51-46)39-19-11-4-12-20-39)34-21-25-40(26-22-34)49(37-15-7-2-8-16-37)38-17-9-3-10-18-38/h1-32H. The molecule has 2 aromatic heterocycles. The topological polar surface area (TPSA) is 8.17 Å². The Morgan fingerprint density at radius 2 is 0.882 bits per heavy atom. The number of hydrogen-bond donors (Lipinski definition) is 0. The minimum atomic E-state index is 1.13. The molecule has 0 bridgehead atoms. The number of aromatic nitrogens is 1. The SMILES string of the molecule is c1ccc(-c2ccc3sc4c(ccc5c6cc(-c7ccc(N(c8ccccc8)c8ccccc8)cc7)ccc6n(-c6ccccc6)c54)c3c2)cc1. The molecule has 51 heavy (non-hydrogen) atoms. The van der Waals surface area contributed by atoms with E-state index >= 15 is 0 Å². The second-order valence-electron chi connectivity index (χ2n) is 13.0. The molecule has 10 aromatic rings. The zero-order chi connectivity index (χ0) is 33.7. The normalized spacial score (nSPS) is 11.5. The molecule has 0 aliphatic carbocycles. The predicted octanol–water partition coefficient (Wildman–Crippen LogP) is 14.0. The van der Waals surface area contributed by atoms with Gasteiger partial charge in [0.05, 0.1) is 15.7 Å². The van der Waals surface area contributed by atoms with Gasteiger partial charge in [-0.25, -0.2) is 0 Å². The predicted molar refractivity (Wildman–Crippen MR) is 219 cm³/mol. The molecule has 10 rings (SSSR count). The molecule has 0 unspecified atom stereocenters. The molecule has 0 radical (unpaired) electrons. The molecule has 2 nitrogen and oxygen atoms in total. The molecule has 2 heterocycles. The largest absolute Gasteiger partial charge is 0.311 e. The van der Waals surface area contributed by atoms with Gasteiger partial charge in [0.1, 0.15) is 0 Å². The summed E-state index contributed by atoms with van der Waals surface area (Å²) in [7, 11) is 0. The zero-order valence-corrected chi connectivity index (χ0v) is 28.6. The van der Waals surface area contributed by atoms with Gasteiger partial charge in [-0.05, 0) is 95.1 Å². The second kappa shape index (κ2) is 12.2. The van der Waals surface area contributed by atoms with Crippen LogP contribution in [-0.4, -0.2) is 4.57 Å². The highest BCUT2D eigenvalue weighted by Crippen LogP contribution is 2.45. The summed E-state index contributed by atoms with van der Waals surface area (Å²) in [6.45, 7) is 0. The van der Waals surface area contributed by atoms with Crippen LogP contribution >= 0.6 is 11.3 Å². The summed E-state index contributed by atoms with van der Waals surface area (Å²) in [5.74, 6) is 0. The molecule has 0 amide bonds. The minimum absolute atomic E-state index is 1.13. The first-order valence-corrected chi connectivity index (χ1v) is 18.2. The molecule has 0 fully saturated rings. The summed E-state index contributed by atoms with van der Waals surface area (Å²) in [4.78, 5) is 2.31. The number of benzene rings is 8. The van der Waals surface area contributed by atoms with Gasteiger partial charge < -0.3 is 9.47 Å². The van der Waals surface area contributed by atoms with Crippen molar-refractivity contribution >= 4 is 70.4 Å². The Kier molecular flexibility index (Phi) is 7.04. The number of hydrogen-bond acceptors (Lipinski definition) is 2. The van der Waals surface area contributed by atoms with Crippen molar-refractivity contribution < 1.29 is 0 Å². The van der Waals surface area contributed by atoms with Crippen molar-refractivity contribution in [3.63, 3.8) is 0 Å². The molecule has 0 saturated heterocycles. The van der Waals surface area contributed by atoms with Crippen molar-refractivity contribution in [1.29, 1.82) is 0 Å². The van der Waals surface area contributed by atoms with Crippen LogP contribution in [0.1, 0.15) is 0 Å². The van der Waals surface area contributed by atoms with E-state index in [0.717, 1.165) is 17.1 Å². The Morgan fingerprint density at radius 3 is 1.55 bits per heavy atom. The van der Waals surface area contributed by atoms with Crippen molar-refractivity contribution in [1.82, 2.24) is 4.57 Å². The summed E-state index contributed by atoms with van der Waals surface area (Å²) in [5, 5.41) is 5.14. The van der Waals surface area contributed by atoms with Crippen molar-refractivity contribution in [2.75, 3.05) is 4.90 Å². The number of thiophene rings is 1. The number of anilines is 3. The van der Waals surface area contributed by atoms with Gasteiger partial charge in [0.2, 0.25) is 0 Å². The van der Waals surface area contributed by atoms with Crippen LogP contribution < -0.4 is 4.90 Å². The number of rotatable bonds is 6. The van der Waals surface area contributed by atoms with Crippen molar-refractivity contribution in [2.24, 2.45) is 0 Å². The Labute approximate surface area is 300 Å². The maximum absolute atomic E-state index is 2.46. The third-order valence-corrected chi connectivity index (χ3v) is 11.2. The number of nitrogens with zero attached hydrogens (tertiary/aromatic N) is 2. The highest BCUT2D eigenvalue weighted by atomic mass is 32.1. The fourth-order valence-electron chi connectivity index (χ4n) is 7.57. The molecule has 0 spiro atoms. The molecule has 0 atom stereocenters. The van der Waals surface area contributed by atoms with E-state index in [4.69, 9.17) is 0 Å². The van der Waals surface area contributed by atoms with Crippen LogP contribution in [0.4, 0.5) is 17.1 Å². The van der Waals surface area contributed by atoms with Gasteiger partial charge >= 0.3 is 0 Å². The molecule has 0 saturated carbocycles. The average molecular weight is 669 g/mol. The van der Waals surface area contributed by atoms with E-state index in [2.05, 4.69) is 204 Å². The number of fused-ring (bicyclic) bond motifs is 7. The quantitative estimate of drug-likeness (QED) is 0.171. The molecule has 0 aliphatic heterocycles. The second-order valence-corrected chi connectivity index (χ2v) is 14.0. The van der Waals surface area contributed by atoms with Crippen LogP contribution in [0.25, 0.3) is 69.9 Å². The van der Waals surface area contributed by atoms with E-state index in [1.807, 2.05) is 11.3 Å². The summed E-state index contributed by atoms with van der Waals surface area (Å²) >= 11 is 1.89. The molecule has 240 valence electrons. The Balaban J connectivity index is 1.13. The van der Waals surface area contributed by atoms with Gasteiger partial charge in [-0.15, -0.1) is 11.3 Å². The highest BCUT2D eigenvalue weighted by molar-refractivity contribution is 7.26. The van der Waals surface area contributed by atoms with E-state index in [1.54, 1.807) is 0 Å². The lowest BCUT2D eigenvalue weighted by molar-refractivity contribution is 1.19. The minimum Gasteiger partial charge on any atom is -0.311 e. The summed E-state index contributed by atoms with van der Waals surface area (Å²) in [5.41, 5.74) is 11.9. The molecule has 0 aliphatic rings. The van der Waals surface area contributed by atoms with Crippen LogP contribution in [0, 0.1) is 0 Å². The molecule has 8 aromatic carbocycles. The lowest BCUT2D eigenvalue weighted by Gasteiger charge is -2.25. The van der Waals surface area contributed by atoms with Gasteiger partial charge in [0, 0.05) is 49.0 Å². The van der Waals surface area contributed by atoms with Crippen LogP contribution in [0.2, 0.25) is 0 Å². The third-order valence-electron chi connectivity index (χ3n) is 9.97. The number of para-hydroxylation sites is 3. The van der Waals surface area contributed by atoms with Gasteiger partial charge in [0.25, 0.3) is 0 Å². The first-order chi connectivity index (χ1) is 25.3. The maximum atomic E-state index is 2.46. The molecular weight excluding hydrogens is 637 g/mol. The smallest absolute Gasteiger partial charge is 0.0719 e. The lowest BCUT2D eigenvalue weighted by atomic mass is 10.0. The Morgan fingerprint density at radius 1 is 0.373 bits per heavy atom. The highest BCUT2D eigenvalue weighted by Gasteiger charge is 2.19. The van der Waals surface area contributed by atoms with E-state index in [-0.39, 0.29) is 0 Å². The molecule has 0 N–H and O–H groups in total. The van der Waals surface area contributed by atoms with Gasteiger partial charge in [-0.1, -0.05) is 121 Å². The summed E-state index contributed by atoms with van der Waals surface area (Å²) < 4.78 is 5.09. The molecule has 3 heteroatoms. The first kappa shape index (κ1) is 29.5. The molecular formula is C48H32N2S. The average Bonchev–Trinajstić information content (AvgIpc) is 3.75. The fraction of sp³-hybridized carbons (Fsp3) is 0. The van der Waals surface area contributed by atoms with E-state index in [0.29, 0.717) is 0 Å². The van der Waals surface area contributed by atoms with Gasteiger partial charge in [-0.3, -0.25) is 0 Å². The van der Waals surface area contributed by atoms with E-state index in [1.165, 1.54) is 69.9 Å². The van der Waals surface area contributed by atoms with Crippen molar-refractivity contribution in [3.05, 3.63) is 194 Å². The fourth-order valence-corrected chi connectivity index (χ4v) is 8.79. The monoisotopic (exact) mass is 668 g/mol. The summed E-state index contributed by atoms with van der Waals surface area (Å²) in [6, 6.07) is 70.1. The van der Waals surface area contributed by atoms with Crippen molar-refractivity contribution in [2.45, 2.75) is 0 Å². The van der Waals surface area contributed by atoms with Gasteiger partial charge in [0.15, 0.2) is 0 Å². The van der Waals surface area contributed by atoms with Crippen LogP contribution in [0.5, 0.6) is 0 Å². The zero-order valence-electron chi connectivity index (χ0n) is 27.8. The maximum Gasteiger partial charge on any atom is 0.0719 e. The Hall–Kier alpha value is -6.42. The van der Waals surface area contributed by atoms with Gasteiger partial charge in [-0.2, -0.15) is 0 Å². The third kappa shape index (κ3) is 5.01. The summed E-state index contributed by atoms with van der Waals surface area (Å²) in [6.07, 6.45) is 0. The Bertz CT molecular complexity index is 2780. The lowest BCUT2D eigenvalue weighted by Crippen LogP contribution is -2.09. The van der Waals surface area contributed by atoms with E-state index in [9.17, 15) is 0 Å².